The third kappa shape index (κ3) is 4.12. The highest BCUT2D eigenvalue weighted by Gasteiger charge is 2.11. The van der Waals surface area contributed by atoms with Gasteiger partial charge >= 0.3 is 0 Å². The van der Waals surface area contributed by atoms with Crippen LogP contribution in [-0.4, -0.2) is 23.0 Å². The van der Waals surface area contributed by atoms with Crippen molar-refractivity contribution < 1.29 is 9.53 Å². The Hall–Kier alpha value is -3.25. The quantitative estimate of drug-likeness (QED) is 0.467. The Morgan fingerprint density at radius 3 is 2.76 bits per heavy atom. The molecular formula is C23H18BrN3O2. The Kier molecular flexibility index (Phi) is 5.53. The summed E-state index contributed by atoms with van der Waals surface area (Å²) < 4.78 is 6.13. The van der Waals surface area contributed by atoms with Gasteiger partial charge in [0.2, 0.25) is 0 Å². The summed E-state index contributed by atoms with van der Waals surface area (Å²) in [5.74, 6) is 0.636. The van der Waals surface area contributed by atoms with Gasteiger partial charge in [0, 0.05) is 41.2 Å². The van der Waals surface area contributed by atoms with Gasteiger partial charge in [0.15, 0.2) is 0 Å². The standard InChI is InChI=1S/C23H18BrN3O2/c1-29-19-4-2-3-15(10-19)20-6-5-16(22-14-25-8-7-21(20)22)12-27-23(28)17-9-18(24)13-26-11-17/h2-11,13-14H,12H2,1H3,(H,27,28). The molecule has 1 amide bonds. The molecule has 2 aromatic carbocycles. The fraction of sp³-hybridized carbons (Fsp3) is 0.0870. The molecule has 0 aliphatic rings. The van der Waals surface area contributed by atoms with Crippen LogP contribution in [0, 0.1) is 0 Å². The van der Waals surface area contributed by atoms with E-state index in [4.69, 9.17) is 4.74 Å². The Labute approximate surface area is 176 Å². The van der Waals surface area contributed by atoms with E-state index in [1.165, 1.54) is 0 Å². The monoisotopic (exact) mass is 447 g/mol. The Morgan fingerprint density at radius 2 is 1.93 bits per heavy atom. The lowest BCUT2D eigenvalue weighted by molar-refractivity contribution is 0.0950. The maximum absolute atomic E-state index is 12.5. The average Bonchev–Trinajstić information content (AvgIpc) is 2.77. The van der Waals surface area contributed by atoms with Gasteiger partial charge in [0.1, 0.15) is 5.75 Å². The number of nitrogens with one attached hydrogen (secondary N) is 1. The molecule has 0 unspecified atom stereocenters. The number of methoxy groups -OCH3 is 1. The van der Waals surface area contributed by atoms with Crippen LogP contribution in [0.5, 0.6) is 5.75 Å². The van der Waals surface area contributed by atoms with E-state index >= 15 is 0 Å². The lowest BCUT2D eigenvalue weighted by Crippen LogP contribution is -2.23. The smallest absolute Gasteiger partial charge is 0.253 e. The molecule has 0 saturated carbocycles. The molecule has 144 valence electrons. The average molecular weight is 448 g/mol. The van der Waals surface area contributed by atoms with Crippen molar-refractivity contribution >= 4 is 32.6 Å². The summed E-state index contributed by atoms with van der Waals surface area (Å²) in [4.78, 5) is 20.8. The number of pyridine rings is 2. The third-order valence-electron chi connectivity index (χ3n) is 4.70. The molecule has 4 rings (SSSR count). The molecule has 2 aromatic heterocycles. The summed E-state index contributed by atoms with van der Waals surface area (Å²) in [5, 5.41) is 5.04. The van der Waals surface area contributed by atoms with Crippen LogP contribution in [0.25, 0.3) is 21.9 Å². The van der Waals surface area contributed by atoms with Gasteiger partial charge in [0.25, 0.3) is 5.91 Å². The first kappa shape index (κ1) is 19.1. The van der Waals surface area contributed by atoms with E-state index in [-0.39, 0.29) is 5.91 Å². The van der Waals surface area contributed by atoms with Crippen LogP contribution in [0.2, 0.25) is 0 Å². The number of benzene rings is 2. The highest BCUT2D eigenvalue weighted by molar-refractivity contribution is 9.10. The first-order valence-corrected chi connectivity index (χ1v) is 9.84. The number of ether oxygens (including phenoxy) is 1. The second-order valence-corrected chi connectivity index (χ2v) is 7.42. The van der Waals surface area contributed by atoms with Crippen LogP contribution >= 0.6 is 15.9 Å². The highest BCUT2D eigenvalue weighted by atomic mass is 79.9. The van der Waals surface area contributed by atoms with Crippen LogP contribution in [0.4, 0.5) is 0 Å². The Balaban J connectivity index is 1.65. The maximum Gasteiger partial charge on any atom is 0.253 e. The first-order valence-electron chi connectivity index (χ1n) is 9.04. The number of rotatable bonds is 5. The zero-order valence-corrected chi connectivity index (χ0v) is 17.3. The van der Waals surface area contributed by atoms with E-state index in [9.17, 15) is 4.79 Å². The third-order valence-corrected chi connectivity index (χ3v) is 5.13. The van der Waals surface area contributed by atoms with Crippen molar-refractivity contribution in [2.24, 2.45) is 0 Å². The van der Waals surface area contributed by atoms with Crippen molar-refractivity contribution in [1.29, 1.82) is 0 Å². The number of fused-ring (bicyclic) bond motifs is 1. The number of hydrogen-bond acceptors (Lipinski definition) is 4. The van der Waals surface area contributed by atoms with Gasteiger partial charge in [-0.1, -0.05) is 24.3 Å². The van der Waals surface area contributed by atoms with Crippen LogP contribution < -0.4 is 10.1 Å². The topological polar surface area (TPSA) is 64.1 Å². The number of hydrogen-bond donors (Lipinski definition) is 1. The summed E-state index contributed by atoms with van der Waals surface area (Å²) >= 11 is 3.34. The molecule has 6 heteroatoms. The molecule has 4 aromatic rings. The minimum atomic E-state index is -0.173. The van der Waals surface area contributed by atoms with E-state index < -0.39 is 0 Å². The molecule has 0 radical (unpaired) electrons. The molecule has 1 N–H and O–H groups in total. The minimum absolute atomic E-state index is 0.173. The van der Waals surface area contributed by atoms with Gasteiger partial charge in [-0.25, -0.2) is 0 Å². The van der Waals surface area contributed by atoms with Crippen LogP contribution in [-0.2, 0) is 6.54 Å². The minimum Gasteiger partial charge on any atom is -0.497 e. The van der Waals surface area contributed by atoms with Gasteiger partial charge in [-0.05, 0) is 62.3 Å². The molecular weight excluding hydrogens is 430 g/mol. The van der Waals surface area contributed by atoms with Crippen LogP contribution in [0.1, 0.15) is 15.9 Å². The van der Waals surface area contributed by atoms with E-state index in [2.05, 4.69) is 43.3 Å². The fourth-order valence-corrected chi connectivity index (χ4v) is 3.62. The van der Waals surface area contributed by atoms with Crippen LogP contribution in [0.3, 0.4) is 0 Å². The van der Waals surface area contributed by atoms with Crippen molar-refractivity contribution in [3.8, 4) is 16.9 Å². The summed E-state index contributed by atoms with van der Waals surface area (Å²) in [6, 6.07) is 15.8. The number of nitrogens with zero attached hydrogens (tertiary/aromatic N) is 2. The highest BCUT2D eigenvalue weighted by Crippen LogP contribution is 2.32. The Bertz CT molecular complexity index is 1190. The van der Waals surface area contributed by atoms with Gasteiger partial charge in [0.05, 0.1) is 12.7 Å². The van der Waals surface area contributed by atoms with E-state index in [0.717, 1.165) is 37.7 Å². The second kappa shape index (κ2) is 8.41. The van der Waals surface area contributed by atoms with Crippen molar-refractivity contribution in [3.05, 3.63) is 88.9 Å². The number of carbonyl (C=O) groups is 1. The molecule has 5 nitrogen and oxygen atoms in total. The largest absolute Gasteiger partial charge is 0.497 e. The maximum atomic E-state index is 12.5. The zero-order chi connectivity index (χ0) is 20.2. The SMILES string of the molecule is COc1cccc(-c2ccc(CNC(=O)c3cncc(Br)c3)c3cnccc23)c1. The fourth-order valence-electron chi connectivity index (χ4n) is 3.26. The normalized spacial score (nSPS) is 10.7. The van der Waals surface area contributed by atoms with Crippen molar-refractivity contribution in [3.63, 3.8) is 0 Å². The number of aromatic nitrogens is 2. The van der Waals surface area contributed by atoms with Gasteiger partial charge in [-0.15, -0.1) is 0 Å². The van der Waals surface area contributed by atoms with Gasteiger partial charge in [-0.2, -0.15) is 0 Å². The molecule has 2 heterocycles. The van der Waals surface area contributed by atoms with Crippen molar-refractivity contribution in [2.45, 2.75) is 6.54 Å². The molecule has 0 fully saturated rings. The number of halogens is 1. The number of carbonyl (C=O) groups excluding carboxylic acids is 1. The summed E-state index contributed by atoms with van der Waals surface area (Å²) in [6.07, 6.45) is 6.81. The van der Waals surface area contributed by atoms with Crippen molar-refractivity contribution in [1.82, 2.24) is 15.3 Å². The molecule has 0 bridgehead atoms. The molecule has 0 spiro atoms. The molecule has 0 aliphatic heterocycles. The molecule has 0 atom stereocenters. The van der Waals surface area contributed by atoms with E-state index in [1.807, 2.05) is 36.5 Å². The second-order valence-electron chi connectivity index (χ2n) is 6.50. The first-order chi connectivity index (χ1) is 14.2. The lowest BCUT2D eigenvalue weighted by atomic mass is 9.96. The van der Waals surface area contributed by atoms with Crippen molar-refractivity contribution in [2.75, 3.05) is 7.11 Å². The molecule has 0 aliphatic carbocycles. The summed E-state index contributed by atoms with van der Waals surface area (Å²) in [6.45, 7) is 0.395. The summed E-state index contributed by atoms with van der Waals surface area (Å²) in [5.41, 5.74) is 3.66. The predicted octanol–water partition coefficient (Wildman–Crippen LogP) is 5.00. The zero-order valence-electron chi connectivity index (χ0n) is 15.7. The lowest BCUT2D eigenvalue weighted by Gasteiger charge is -2.13. The van der Waals surface area contributed by atoms with Gasteiger partial charge < -0.3 is 10.1 Å². The van der Waals surface area contributed by atoms with E-state index in [1.54, 1.807) is 31.8 Å². The predicted molar refractivity (Wildman–Crippen MR) is 117 cm³/mol. The van der Waals surface area contributed by atoms with Gasteiger partial charge in [-0.3, -0.25) is 14.8 Å². The molecule has 0 saturated heterocycles. The summed E-state index contributed by atoms with van der Waals surface area (Å²) in [7, 11) is 1.66. The Morgan fingerprint density at radius 1 is 1.03 bits per heavy atom. The van der Waals surface area contributed by atoms with E-state index in [0.29, 0.717) is 12.1 Å². The number of amides is 1. The molecule has 29 heavy (non-hydrogen) atoms. The van der Waals surface area contributed by atoms with Crippen LogP contribution in [0.15, 0.2) is 77.8 Å².